The van der Waals surface area contributed by atoms with Gasteiger partial charge in [-0.3, -0.25) is 4.79 Å². The van der Waals surface area contributed by atoms with Crippen LogP contribution < -0.4 is 15.8 Å². The fraction of sp³-hybridized carbons (Fsp3) is 0.261. The van der Waals surface area contributed by atoms with Gasteiger partial charge in [-0.1, -0.05) is 24.3 Å². The molecule has 30 heavy (non-hydrogen) atoms. The number of carbonyl (C=O) groups is 1. The molecule has 0 spiro atoms. The second-order valence-electron chi connectivity index (χ2n) is 7.44. The van der Waals surface area contributed by atoms with Crippen molar-refractivity contribution >= 4 is 11.9 Å². The van der Waals surface area contributed by atoms with Crippen LogP contribution in [0.3, 0.4) is 0 Å². The summed E-state index contributed by atoms with van der Waals surface area (Å²) in [5.41, 5.74) is 11.1. The molecule has 1 aromatic heterocycles. The second-order valence-corrected chi connectivity index (χ2v) is 7.44. The van der Waals surface area contributed by atoms with E-state index in [9.17, 15) is 4.79 Å². The molecule has 1 amide bonds. The lowest BCUT2D eigenvalue weighted by Gasteiger charge is -2.27. The zero-order valence-electron chi connectivity index (χ0n) is 17.6. The van der Waals surface area contributed by atoms with Crippen molar-refractivity contribution in [1.82, 2.24) is 14.8 Å². The molecule has 2 aromatic carbocycles. The minimum atomic E-state index is -0.493. The zero-order valence-corrected chi connectivity index (χ0v) is 17.6. The van der Waals surface area contributed by atoms with E-state index in [4.69, 9.17) is 15.6 Å². The molecule has 0 radical (unpaired) electrons. The lowest BCUT2D eigenvalue weighted by molar-refractivity contribution is -0.115. The molecule has 1 atom stereocenters. The third kappa shape index (κ3) is 3.43. The number of benzene rings is 2. The predicted molar refractivity (Wildman–Crippen MR) is 116 cm³/mol. The van der Waals surface area contributed by atoms with E-state index in [1.54, 1.807) is 4.68 Å². The Balaban J connectivity index is 1.82. The largest absolute Gasteiger partial charge is 0.494 e. The molecule has 1 unspecified atom stereocenters. The number of nitrogens with one attached hydrogen (secondary N) is 1. The van der Waals surface area contributed by atoms with Crippen LogP contribution >= 0.6 is 0 Å². The van der Waals surface area contributed by atoms with Gasteiger partial charge in [-0.05, 0) is 62.6 Å². The number of primary amides is 1. The first kappa shape index (κ1) is 19.7. The molecule has 0 fully saturated rings. The van der Waals surface area contributed by atoms with Crippen LogP contribution in [0.5, 0.6) is 5.75 Å². The van der Waals surface area contributed by atoms with Crippen LogP contribution in [0, 0.1) is 13.8 Å². The number of carbonyl (C=O) groups excluding carboxylic acids is 1. The van der Waals surface area contributed by atoms with Crippen molar-refractivity contribution in [3.8, 4) is 17.1 Å². The summed E-state index contributed by atoms with van der Waals surface area (Å²) in [5, 5.41) is 7.93. The number of fused-ring (bicyclic) bond motifs is 1. The molecule has 3 N–H and O–H groups in total. The van der Waals surface area contributed by atoms with Gasteiger partial charge in [-0.25, -0.2) is 4.68 Å². The topological polar surface area (TPSA) is 95.1 Å². The van der Waals surface area contributed by atoms with Gasteiger partial charge in [-0.15, -0.1) is 5.10 Å². The van der Waals surface area contributed by atoms with Gasteiger partial charge in [0, 0.05) is 11.3 Å². The number of rotatable bonds is 5. The second kappa shape index (κ2) is 7.67. The fourth-order valence-electron chi connectivity index (χ4n) is 3.69. The molecule has 3 aromatic rings. The van der Waals surface area contributed by atoms with Gasteiger partial charge in [-0.2, -0.15) is 4.98 Å². The van der Waals surface area contributed by atoms with Crippen LogP contribution in [0.2, 0.25) is 0 Å². The third-order valence-electron chi connectivity index (χ3n) is 5.39. The molecular weight excluding hydrogens is 378 g/mol. The van der Waals surface area contributed by atoms with Gasteiger partial charge in [0.2, 0.25) is 11.9 Å². The Morgan fingerprint density at radius 3 is 2.50 bits per heavy atom. The first-order valence-corrected chi connectivity index (χ1v) is 9.93. The van der Waals surface area contributed by atoms with E-state index in [-0.39, 0.29) is 0 Å². The van der Waals surface area contributed by atoms with E-state index in [2.05, 4.69) is 36.3 Å². The summed E-state index contributed by atoms with van der Waals surface area (Å²) in [6.45, 7) is 8.49. The van der Waals surface area contributed by atoms with Crippen LogP contribution in [0.15, 0.2) is 53.7 Å². The summed E-state index contributed by atoms with van der Waals surface area (Å²) in [7, 11) is 0. The molecule has 7 nitrogen and oxygen atoms in total. The van der Waals surface area contributed by atoms with Crippen LogP contribution in [0.25, 0.3) is 11.4 Å². The number of hydrogen-bond acceptors (Lipinski definition) is 5. The highest BCUT2D eigenvalue weighted by Crippen LogP contribution is 2.36. The van der Waals surface area contributed by atoms with E-state index >= 15 is 0 Å². The average molecular weight is 403 g/mol. The Hall–Kier alpha value is -3.61. The summed E-state index contributed by atoms with van der Waals surface area (Å²) in [6, 6.07) is 13.3. The smallest absolute Gasteiger partial charge is 0.248 e. The Morgan fingerprint density at radius 1 is 1.13 bits per heavy atom. The zero-order chi connectivity index (χ0) is 21.4. The molecule has 7 heteroatoms. The van der Waals surface area contributed by atoms with Crippen molar-refractivity contribution in [2.75, 3.05) is 11.9 Å². The van der Waals surface area contributed by atoms with E-state index in [0.717, 1.165) is 16.9 Å². The Bertz CT molecular complexity index is 1140. The molecule has 0 saturated carbocycles. The van der Waals surface area contributed by atoms with Crippen molar-refractivity contribution in [2.45, 2.75) is 33.7 Å². The van der Waals surface area contributed by atoms with Crippen molar-refractivity contribution < 1.29 is 9.53 Å². The average Bonchev–Trinajstić information content (AvgIpc) is 3.13. The number of hydrogen-bond donors (Lipinski definition) is 2. The first-order chi connectivity index (χ1) is 14.4. The molecular formula is C23H25N5O2. The highest BCUT2D eigenvalue weighted by Gasteiger charge is 2.33. The summed E-state index contributed by atoms with van der Waals surface area (Å²) in [5.74, 6) is 1.44. The summed E-state index contributed by atoms with van der Waals surface area (Å²) in [6.07, 6.45) is 0. The molecule has 2 heterocycles. The first-order valence-electron chi connectivity index (χ1n) is 9.93. The molecule has 1 aliphatic rings. The maximum absolute atomic E-state index is 12.3. The van der Waals surface area contributed by atoms with Gasteiger partial charge in [0.15, 0.2) is 5.82 Å². The van der Waals surface area contributed by atoms with Crippen molar-refractivity contribution in [3.05, 3.63) is 70.4 Å². The number of ether oxygens (including phenoxy) is 1. The molecule has 0 saturated heterocycles. The number of aromatic nitrogens is 3. The van der Waals surface area contributed by atoms with E-state index in [1.807, 2.05) is 44.2 Å². The van der Waals surface area contributed by atoms with Crippen LogP contribution in [-0.4, -0.2) is 27.3 Å². The Labute approximate surface area is 175 Å². The van der Waals surface area contributed by atoms with Crippen molar-refractivity contribution in [3.63, 3.8) is 0 Å². The number of anilines is 1. The molecule has 4 rings (SSSR count). The maximum atomic E-state index is 12.3. The number of nitrogens with zero attached hydrogens (tertiary/aromatic N) is 3. The van der Waals surface area contributed by atoms with Crippen LogP contribution in [0.4, 0.5) is 5.95 Å². The van der Waals surface area contributed by atoms with Gasteiger partial charge in [0.25, 0.3) is 0 Å². The highest BCUT2D eigenvalue weighted by molar-refractivity contribution is 5.95. The number of amides is 1. The standard InChI is InChI=1S/C23H25N5O2/c1-5-30-18-10-8-16(9-11-18)20-19(21(24)29)15(4)25-23-26-22(27-28(20)23)17-7-6-13(2)14(3)12-17/h6-12,20H,5H2,1-4H3,(H2,24,29)(H,25,26,27). The maximum Gasteiger partial charge on any atom is 0.248 e. The van der Waals surface area contributed by atoms with Gasteiger partial charge in [0.05, 0.1) is 12.2 Å². The van der Waals surface area contributed by atoms with Gasteiger partial charge < -0.3 is 15.8 Å². The molecule has 0 bridgehead atoms. The SMILES string of the molecule is CCOc1ccc(C2C(C(N)=O)=C(C)Nc3nc(-c4ccc(C)c(C)c4)nn32)cc1. The lowest BCUT2D eigenvalue weighted by Crippen LogP contribution is -2.31. The summed E-state index contributed by atoms with van der Waals surface area (Å²) >= 11 is 0. The lowest BCUT2D eigenvalue weighted by atomic mass is 9.95. The number of aryl methyl sites for hydroxylation is 2. The Morgan fingerprint density at radius 2 is 1.87 bits per heavy atom. The highest BCUT2D eigenvalue weighted by atomic mass is 16.5. The summed E-state index contributed by atoms with van der Waals surface area (Å²) < 4.78 is 7.27. The molecule has 1 aliphatic heterocycles. The van der Waals surface area contributed by atoms with E-state index in [1.165, 1.54) is 11.1 Å². The van der Waals surface area contributed by atoms with E-state index in [0.29, 0.717) is 29.6 Å². The predicted octanol–water partition coefficient (Wildman–Crippen LogP) is 3.73. The number of allylic oxidation sites excluding steroid dienone is 1. The van der Waals surface area contributed by atoms with Gasteiger partial charge in [0.1, 0.15) is 11.8 Å². The van der Waals surface area contributed by atoms with Crippen molar-refractivity contribution in [2.24, 2.45) is 5.73 Å². The minimum Gasteiger partial charge on any atom is -0.494 e. The van der Waals surface area contributed by atoms with Crippen molar-refractivity contribution in [1.29, 1.82) is 0 Å². The normalized spacial score (nSPS) is 15.5. The van der Waals surface area contributed by atoms with Crippen LogP contribution in [0.1, 0.15) is 36.6 Å². The summed E-state index contributed by atoms with van der Waals surface area (Å²) in [4.78, 5) is 17.0. The molecule has 154 valence electrons. The quantitative estimate of drug-likeness (QED) is 0.677. The monoisotopic (exact) mass is 403 g/mol. The van der Waals surface area contributed by atoms with Gasteiger partial charge >= 0.3 is 0 Å². The third-order valence-corrected chi connectivity index (χ3v) is 5.39. The molecule has 0 aliphatic carbocycles. The number of nitrogens with two attached hydrogens (primary N) is 1. The van der Waals surface area contributed by atoms with Crippen LogP contribution in [-0.2, 0) is 4.79 Å². The fourth-order valence-corrected chi connectivity index (χ4v) is 3.69. The van der Waals surface area contributed by atoms with E-state index < -0.39 is 11.9 Å². The minimum absolute atomic E-state index is 0.461. The Kier molecular flexibility index (Phi) is 5.03.